The molecule has 1 rings (SSSR count). The van der Waals surface area contributed by atoms with E-state index in [4.69, 9.17) is 16.3 Å². The first-order valence-corrected chi connectivity index (χ1v) is 5.80. The van der Waals surface area contributed by atoms with E-state index in [1.54, 1.807) is 6.20 Å². The number of pyridine rings is 1. The summed E-state index contributed by atoms with van der Waals surface area (Å²) in [5.74, 6) is 0.825. The molecule has 0 unspecified atom stereocenters. The fraction of sp³-hybridized carbons (Fsp3) is 0.583. The molecule has 0 fully saturated rings. The number of rotatable bonds is 5. The number of hydrogen-bond acceptors (Lipinski definition) is 3. The molecule has 0 saturated carbocycles. The van der Waals surface area contributed by atoms with Gasteiger partial charge in [0.05, 0.1) is 6.61 Å². The van der Waals surface area contributed by atoms with Crippen molar-refractivity contribution in [2.45, 2.75) is 26.3 Å². The quantitative estimate of drug-likeness (QED) is 0.743. The summed E-state index contributed by atoms with van der Waals surface area (Å²) in [6.45, 7) is 4.79. The van der Waals surface area contributed by atoms with Crippen LogP contribution in [0.4, 0.5) is 0 Å². The van der Waals surface area contributed by atoms with Crippen LogP contribution >= 0.6 is 11.6 Å². The summed E-state index contributed by atoms with van der Waals surface area (Å²) >= 11 is 5.91. The molecule has 0 aliphatic rings. The van der Waals surface area contributed by atoms with Gasteiger partial charge in [-0.1, -0.05) is 11.6 Å². The standard InChI is InChI=1S/C12H19ClN2O/c1-9(15(3)4)6-8-16-11-5-7-14-12(13)10(11)2/h5,7,9H,6,8H2,1-4H3/t9-/m0/s1. The lowest BCUT2D eigenvalue weighted by molar-refractivity contribution is 0.232. The van der Waals surface area contributed by atoms with E-state index in [0.29, 0.717) is 17.8 Å². The minimum absolute atomic E-state index is 0.512. The van der Waals surface area contributed by atoms with Gasteiger partial charge in [-0.05, 0) is 40.4 Å². The fourth-order valence-electron chi connectivity index (χ4n) is 1.25. The zero-order valence-corrected chi connectivity index (χ0v) is 11.1. The largest absolute Gasteiger partial charge is 0.493 e. The lowest BCUT2D eigenvalue weighted by Crippen LogP contribution is -2.26. The van der Waals surface area contributed by atoms with Gasteiger partial charge in [-0.15, -0.1) is 0 Å². The van der Waals surface area contributed by atoms with Crippen molar-refractivity contribution >= 4 is 11.6 Å². The van der Waals surface area contributed by atoms with Gasteiger partial charge < -0.3 is 9.64 Å². The van der Waals surface area contributed by atoms with Crippen molar-refractivity contribution in [3.05, 3.63) is 23.0 Å². The molecule has 0 N–H and O–H groups in total. The van der Waals surface area contributed by atoms with Crippen molar-refractivity contribution in [2.75, 3.05) is 20.7 Å². The minimum Gasteiger partial charge on any atom is -0.493 e. The van der Waals surface area contributed by atoms with E-state index < -0.39 is 0 Å². The van der Waals surface area contributed by atoms with Crippen LogP contribution in [0.3, 0.4) is 0 Å². The van der Waals surface area contributed by atoms with E-state index in [1.165, 1.54) is 0 Å². The van der Waals surface area contributed by atoms with Crippen LogP contribution in [0.5, 0.6) is 5.75 Å². The summed E-state index contributed by atoms with van der Waals surface area (Å²) < 4.78 is 5.69. The van der Waals surface area contributed by atoms with E-state index in [2.05, 4.69) is 30.9 Å². The second-order valence-electron chi connectivity index (χ2n) is 4.17. The van der Waals surface area contributed by atoms with Crippen LogP contribution in [-0.4, -0.2) is 36.6 Å². The van der Waals surface area contributed by atoms with Gasteiger partial charge in [0.1, 0.15) is 10.9 Å². The average Bonchev–Trinajstić information content (AvgIpc) is 2.24. The Labute approximate surface area is 102 Å². The van der Waals surface area contributed by atoms with E-state index in [0.717, 1.165) is 17.7 Å². The zero-order chi connectivity index (χ0) is 12.1. The predicted molar refractivity (Wildman–Crippen MR) is 67.2 cm³/mol. The molecule has 0 aromatic carbocycles. The first kappa shape index (κ1) is 13.3. The molecule has 0 aliphatic heterocycles. The van der Waals surface area contributed by atoms with Crippen LogP contribution < -0.4 is 4.74 Å². The maximum Gasteiger partial charge on any atom is 0.135 e. The molecular weight excluding hydrogens is 224 g/mol. The van der Waals surface area contributed by atoms with Gasteiger partial charge in [-0.2, -0.15) is 0 Å². The molecule has 3 nitrogen and oxygen atoms in total. The highest BCUT2D eigenvalue weighted by atomic mass is 35.5. The molecule has 0 radical (unpaired) electrons. The number of aromatic nitrogens is 1. The lowest BCUT2D eigenvalue weighted by atomic mass is 10.2. The Bertz CT molecular complexity index is 342. The minimum atomic E-state index is 0.512. The molecular formula is C12H19ClN2O. The summed E-state index contributed by atoms with van der Waals surface area (Å²) in [5.41, 5.74) is 0.904. The van der Waals surface area contributed by atoms with Crippen molar-refractivity contribution in [3.63, 3.8) is 0 Å². The molecule has 90 valence electrons. The van der Waals surface area contributed by atoms with Crippen molar-refractivity contribution in [2.24, 2.45) is 0 Å². The third-order valence-electron chi connectivity index (χ3n) is 2.77. The zero-order valence-electron chi connectivity index (χ0n) is 10.3. The first-order chi connectivity index (χ1) is 7.52. The van der Waals surface area contributed by atoms with E-state index >= 15 is 0 Å². The van der Waals surface area contributed by atoms with Gasteiger partial charge in [0, 0.05) is 17.8 Å². The summed E-state index contributed by atoms with van der Waals surface area (Å²) in [5, 5.41) is 0.512. The maximum atomic E-state index is 5.91. The Balaban J connectivity index is 2.46. The maximum absolute atomic E-state index is 5.91. The van der Waals surface area contributed by atoms with E-state index in [9.17, 15) is 0 Å². The van der Waals surface area contributed by atoms with Gasteiger partial charge >= 0.3 is 0 Å². The van der Waals surface area contributed by atoms with Crippen LogP contribution in [0.1, 0.15) is 18.9 Å². The fourth-order valence-corrected chi connectivity index (χ4v) is 1.40. The van der Waals surface area contributed by atoms with E-state index in [1.807, 2.05) is 13.0 Å². The molecule has 0 saturated heterocycles. The first-order valence-electron chi connectivity index (χ1n) is 5.42. The molecule has 0 amide bonds. The molecule has 0 aliphatic carbocycles. The Morgan fingerprint density at radius 2 is 2.19 bits per heavy atom. The van der Waals surface area contributed by atoms with Gasteiger partial charge in [0.25, 0.3) is 0 Å². The molecule has 4 heteroatoms. The van der Waals surface area contributed by atoms with Crippen LogP contribution in [0.15, 0.2) is 12.3 Å². The molecule has 16 heavy (non-hydrogen) atoms. The topological polar surface area (TPSA) is 25.4 Å². The molecule has 0 spiro atoms. The van der Waals surface area contributed by atoms with Gasteiger partial charge in [-0.3, -0.25) is 0 Å². The normalized spacial score (nSPS) is 12.9. The van der Waals surface area contributed by atoms with Crippen molar-refractivity contribution < 1.29 is 4.74 Å². The smallest absolute Gasteiger partial charge is 0.135 e. The van der Waals surface area contributed by atoms with Crippen molar-refractivity contribution in [1.29, 1.82) is 0 Å². The third-order valence-corrected chi connectivity index (χ3v) is 3.15. The molecule has 1 aromatic rings. The van der Waals surface area contributed by atoms with Crippen LogP contribution in [-0.2, 0) is 0 Å². The van der Waals surface area contributed by atoms with Crippen molar-refractivity contribution in [3.8, 4) is 5.75 Å². The van der Waals surface area contributed by atoms with Gasteiger partial charge in [0.15, 0.2) is 0 Å². The SMILES string of the molecule is Cc1c(OCC[C@H](C)N(C)C)ccnc1Cl. The number of ether oxygens (including phenoxy) is 1. The number of halogens is 1. The van der Waals surface area contributed by atoms with Gasteiger partial charge in [0.2, 0.25) is 0 Å². The molecule has 1 atom stereocenters. The number of hydrogen-bond donors (Lipinski definition) is 0. The molecule has 0 bridgehead atoms. The summed E-state index contributed by atoms with van der Waals surface area (Å²) in [7, 11) is 4.14. The van der Waals surface area contributed by atoms with Crippen LogP contribution in [0.2, 0.25) is 5.15 Å². The highest BCUT2D eigenvalue weighted by Crippen LogP contribution is 2.22. The third kappa shape index (κ3) is 3.65. The Morgan fingerprint density at radius 1 is 1.50 bits per heavy atom. The van der Waals surface area contributed by atoms with Crippen LogP contribution in [0.25, 0.3) is 0 Å². The van der Waals surface area contributed by atoms with Gasteiger partial charge in [-0.25, -0.2) is 4.98 Å². The monoisotopic (exact) mass is 242 g/mol. The van der Waals surface area contributed by atoms with Crippen molar-refractivity contribution in [1.82, 2.24) is 9.88 Å². The van der Waals surface area contributed by atoms with Crippen LogP contribution in [0, 0.1) is 6.92 Å². The van der Waals surface area contributed by atoms with E-state index in [-0.39, 0.29) is 0 Å². The highest BCUT2D eigenvalue weighted by molar-refractivity contribution is 6.30. The second-order valence-corrected chi connectivity index (χ2v) is 4.53. The predicted octanol–water partition coefficient (Wildman–Crippen LogP) is 2.76. The molecule has 1 heterocycles. The lowest BCUT2D eigenvalue weighted by Gasteiger charge is -2.19. The summed E-state index contributed by atoms with van der Waals surface area (Å²) in [4.78, 5) is 6.16. The Hall–Kier alpha value is -0.800. The average molecular weight is 243 g/mol. The summed E-state index contributed by atoms with van der Waals surface area (Å²) in [6.07, 6.45) is 2.66. The summed E-state index contributed by atoms with van der Waals surface area (Å²) in [6, 6.07) is 2.36. The molecule has 1 aromatic heterocycles. The Morgan fingerprint density at radius 3 is 2.81 bits per heavy atom. The Kier molecular flexibility index (Phi) is 5.03. The number of nitrogens with zero attached hydrogens (tertiary/aromatic N) is 2. The second kappa shape index (κ2) is 6.06. The highest BCUT2D eigenvalue weighted by Gasteiger charge is 2.07.